The van der Waals surface area contributed by atoms with Gasteiger partial charge in [0.1, 0.15) is 11.5 Å². The van der Waals surface area contributed by atoms with E-state index >= 15 is 0 Å². The number of hydrogen-bond donors (Lipinski definition) is 1. The first kappa shape index (κ1) is 13.4. The van der Waals surface area contributed by atoms with Crippen molar-refractivity contribution < 1.29 is 9.90 Å². The molecule has 1 N–H and O–H groups in total. The number of rotatable bonds is 0. The van der Waals surface area contributed by atoms with Gasteiger partial charge in [0, 0.05) is 17.4 Å². The fourth-order valence-corrected chi connectivity index (χ4v) is 5.64. The molecule has 1 aromatic carbocycles. The van der Waals surface area contributed by atoms with E-state index in [0.29, 0.717) is 29.3 Å². The number of benzene rings is 1. The lowest BCUT2D eigenvalue weighted by molar-refractivity contribution is -0.129. The van der Waals surface area contributed by atoms with Crippen LogP contribution in [0.5, 0.6) is 5.75 Å². The van der Waals surface area contributed by atoms with Gasteiger partial charge in [-0.05, 0) is 74.0 Å². The Kier molecular flexibility index (Phi) is 2.76. The number of ketones is 1. The summed E-state index contributed by atoms with van der Waals surface area (Å²) in [7, 11) is 0. The molecule has 112 valence electrons. The maximum Gasteiger partial charge on any atom is 0.139 e. The fourth-order valence-electron chi connectivity index (χ4n) is 5.64. The van der Waals surface area contributed by atoms with Crippen molar-refractivity contribution in [3.8, 4) is 5.75 Å². The Labute approximate surface area is 126 Å². The average Bonchev–Trinajstić information content (AvgIpc) is 2.78. The maximum absolute atomic E-state index is 12.3. The molecule has 2 heteroatoms. The van der Waals surface area contributed by atoms with Gasteiger partial charge in [-0.2, -0.15) is 0 Å². The van der Waals surface area contributed by atoms with Crippen molar-refractivity contribution in [1.29, 1.82) is 0 Å². The first-order chi connectivity index (χ1) is 10.0. The van der Waals surface area contributed by atoms with E-state index in [1.165, 1.54) is 23.1 Å². The van der Waals surface area contributed by atoms with E-state index in [1.807, 2.05) is 12.1 Å². The first-order valence-electron chi connectivity index (χ1n) is 8.37. The zero-order valence-electron chi connectivity index (χ0n) is 13.0. The molecule has 0 radical (unpaired) electrons. The van der Waals surface area contributed by atoms with Gasteiger partial charge < -0.3 is 5.11 Å². The number of carbonyl (C=O) groups is 1. The molecule has 4 rings (SSSR count). The van der Waals surface area contributed by atoms with E-state index in [4.69, 9.17) is 0 Å². The zero-order chi connectivity index (χ0) is 14.8. The maximum atomic E-state index is 12.3. The fraction of sp³-hybridized carbons (Fsp3) is 0.632. The van der Waals surface area contributed by atoms with E-state index in [9.17, 15) is 9.90 Å². The molecule has 0 spiro atoms. The van der Waals surface area contributed by atoms with Crippen molar-refractivity contribution in [3.63, 3.8) is 0 Å². The molecule has 1 aromatic rings. The third-order valence-electron chi connectivity index (χ3n) is 6.81. The molecule has 3 aliphatic carbocycles. The van der Waals surface area contributed by atoms with Crippen LogP contribution in [0.1, 0.15) is 61.6 Å². The van der Waals surface area contributed by atoms with Crippen LogP contribution in [0.15, 0.2) is 12.1 Å². The molecule has 3 aliphatic rings. The summed E-state index contributed by atoms with van der Waals surface area (Å²) >= 11 is 0. The van der Waals surface area contributed by atoms with Crippen molar-refractivity contribution in [3.05, 3.63) is 28.8 Å². The quantitative estimate of drug-likeness (QED) is 0.778. The molecular formula is C19H24O2. The van der Waals surface area contributed by atoms with E-state index in [1.54, 1.807) is 0 Å². The Balaban J connectivity index is 1.79. The normalized spacial score (nSPS) is 37.8. The number of Topliss-reactive ketones (excluding diaryl/α,β-unsaturated/α-hetero) is 1. The minimum absolute atomic E-state index is 0.0713. The van der Waals surface area contributed by atoms with Gasteiger partial charge in [0.15, 0.2) is 0 Å². The van der Waals surface area contributed by atoms with Gasteiger partial charge in [0.2, 0.25) is 0 Å². The molecule has 0 heterocycles. The van der Waals surface area contributed by atoms with E-state index in [2.05, 4.69) is 13.8 Å². The minimum atomic E-state index is -0.0713. The Bertz CT molecular complexity index is 618. The van der Waals surface area contributed by atoms with Crippen LogP contribution in [0, 0.1) is 24.2 Å². The lowest BCUT2D eigenvalue weighted by Gasteiger charge is -2.48. The van der Waals surface area contributed by atoms with Crippen LogP contribution in [0.4, 0.5) is 0 Å². The molecule has 2 saturated carbocycles. The predicted molar refractivity (Wildman–Crippen MR) is 82.5 cm³/mol. The summed E-state index contributed by atoms with van der Waals surface area (Å²) < 4.78 is 0. The van der Waals surface area contributed by atoms with Gasteiger partial charge >= 0.3 is 0 Å². The predicted octanol–water partition coefficient (Wildman–Crippen LogP) is 4.13. The molecule has 2 nitrogen and oxygen atoms in total. The number of fused-ring (bicyclic) bond motifs is 5. The lowest BCUT2D eigenvalue weighted by Crippen LogP contribution is -2.42. The summed E-state index contributed by atoms with van der Waals surface area (Å²) in [5.74, 6) is 2.58. The van der Waals surface area contributed by atoms with Crippen molar-refractivity contribution >= 4 is 5.78 Å². The van der Waals surface area contributed by atoms with Crippen molar-refractivity contribution in [2.75, 3.05) is 0 Å². The van der Waals surface area contributed by atoms with Crippen LogP contribution in [0.25, 0.3) is 0 Å². The highest BCUT2D eigenvalue weighted by atomic mass is 16.3. The second-order valence-electron chi connectivity index (χ2n) is 7.63. The number of phenols is 1. The molecule has 21 heavy (non-hydrogen) atoms. The second-order valence-corrected chi connectivity index (χ2v) is 7.63. The number of aromatic hydroxyl groups is 1. The number of carbonyl (C=O) groups excluding carboxylic acids is 1. The molecule has 4 atom stereocenters. The number of aryl methyl sites for hydroxylation is 1. The van der Waals surface area contributed by atoms with E-state index < -0.39 is 0 Å². The van der Waals surface area contributed by atoms with Crippen LogP contribution < -0.4 is 0 Å². The van der Waals surface area contributed by atoms with Gasteiger partial charge in [-0.3, -0.25) is 4.79 Å². The summed E-state index contributed by atoms with van der Waals surface area (Å²) in [6.07, 6.45) is 6.17. The van der Waals surface area contributed by atoms with Crippen LogP contribution in [-0.2, 0) is 11.2 Å². The highest BCUT2D eigenvalue weighted by Crippen LogP contribution is 2.60. The Morgan fingerprint density at radius 2 is 2.00 bits per heavy atom. The standard InChI is InChI=1S/C19H24O2/c1-11-3-7-16(20)18-12(11)4-5-13-14(18)9-10-19(2)15(13)6-8-17(19)21/h3,7,13-15,20H,4-6,8-10H2,1-2H3/t13-,14+,15+,19+/m0/s1. The van der Waals surface area contributed by atoms with Gasteiger partial charge in [0.25, 0.3) is 0 Å². The molecule has 2 fully saturated rings. The van der Waals surface area contributed by atoms with Gasteiger partial charge in [-0.1, -0.05) is 13.0 Å². The summed E-state index contributed by atoms with van der Waals surface area (Å²) in [5.41, 5.74) is 3.84. The monoisotopic (exact) mass is 284 g/mol. The SMILES string of the molecule is Cc1ccc(O)c2c1CC[C@@H]1[C@H]3CCC(=O)[C@]3(C)CC[C@@H]21. The van der Waals surface area contributed by atoms with Crippen LogP contribution >= 0.6 is 0 Å². The summed E-state index contributed by atoms with van der Waals surface area (Å²) in [5, 5.41) is 10.4. The van der Waals surface area contributed by atoms with Crippen LogP contribution in [0.2, 0.25) is 0 Å². The summed E-state index contributed by atoms with van der Waals surface area (Å²) in [4.78, 5) is 12.3. The number of hydrogen-bond acceptors (Lipinski definition) is 2. The lowest BCUT2D eigenvalue weighted by atomic mass is 9.55. The third kappa shape index (κ3) is 1.68. The Morgan fingerprint density at radius 3 is 2.81 bits per heavy atom. The highest BCUT2D eigenvalue weighted by molar-refractivity contribution is 5.87. The van der Waals surface area contributed by atoms with E-state index in [0.717, 1.165) is 32.1 Å². The summed E-state index contributed by atoms with van der Waals surface area (Å²) in [6, 6.07) is 3.91. The Morgan fingerprint density at radius 1 is 1.19 bits per heavy atom. The van der Waals surface area contributed by atoms with Gasteiger partial charge in [-0.25, -0.2) is 0 Å². The van der Waals surface area contributed by atoms with Crippen molar-refractivity contribution in [2.24, 2.45) is 17.3 Å². The molecule has 0 aromatic heterocycles. The molecule has 0 amide bonds. The molecule has 0 unspecified atom stereocenters. The number of phenolic OH excluding ortho intramolecular Hbond substituents is 1. The van der Waals surface area contributed by atoms with Gasteiger partial charge in [-0.15, -0.1) is 0 Å². The van der Waals surface area contributed by atoms with E-state index in [-0.39, 0.29) is 5.41 Å². The van der Waals surface area contributed by atoms with Crippen LogP contribution in [-0.4, -0.2) is 10.9 Å². The molecule has 0 bridgehead atoms. The largest absolute Gasteiger partial charge is 0.508 e. The van der Waals surface area contributed by atoms with Crippen molar-refractivity contribution in [1.82, 2.24) is 0 Å². The van der Waals surface area contributed by atoms with Crippen LogP contribution in [0.3, 0.4) is 0 Å². The van der Waals surface area contributed by atoms with Crippen molar-refractivity contribution in [2.45, 2.75) is 58.3 Å². The zero-order valence-corrected chi connectivity index (χ0v) is 13.0. The second kappa shape index (κ2) is 4.34. The highest BCUT2D eigenvalue weighted by Gasteiger charge is 2.54. The smallest absolute Gasteiger partial charge is 0.139 e. The third-order valence-corrected chi connectivity index (χ3v) is 6.81. The molecule has 0 saturated heterocycles. The molecular weight excluding hydrogens is 260 g/mol. The topological polar surface area (TPSA) is 37.3 Å². The summed E-state index contributed by atoms with van der Waals surface area (Å²) in [6.45, 7) is 4.36. The first-order valence-corrected chi connectivity index (χ1v) is 8.37. The Hall–Kier alpha value is -1.31. The molecule has 0 aliphatic heterocycles. The minimum Gasteiger partial charge on any atom is -0.508 e. The van der Waals surface area contributed by atoms with Gasteiger partial charge in [0.05, 0.1) is 0 Å². The average molecular weight is 284 g/mol.